The first kappa shape index (κ1) is 7.79. The Bertz CT molecular complexity index is 268. The fourth-order valence-corrected chi connectivity index (χ4v) is 0.880. The molecule has 0 saturated carbocycles. The molecule has 2 heteroatoms. The Hall–Kier alpha value is -1.31. The highest BCUT2D eigenvalue weighted by Crippen LogP contribution is 2.20. The van der Waals surface area contributed by atoms with E-state index in [0.717, 1.165) is 0 Å². The van der Waals surface area contributed by atoms with Gasteiger partial charge in [-0.05, 0) is 12.5 Å². The van der Waals surface area contributed by atoms with Crippen LogP contribution in [0.2, 0.25) is 0 Å². The number of benzene rings is 1. The third-order valence-corrected chi connectivity index (χ3v) is 1.43. The lowest BCUT2D eigenvalue weighted by molar-refractivity contribution is 0.427. The van der Waals surface area contributed by atoms with Crippen LogP contribution < -0.4 is 0 Å². The molecule has 0 heterocycles. The van der Waals surface area contributed by atoms with Gasteiger partial charge in [0.05, 0.1) is 0 Å². The molecule has 0 aliphatic heterocycles. The number of phenolic OH excluding ortho intramolecular Hbond substituents is 1. The molecule has 0 aromatic heterocycles. The van der Waals surface area contributed by atoms with E-state index in [1.54, 1.807) is 18.2 Å². The molecule has 0 aliphatic carbocycles. The number of phenols is 1. The second-order valence-electron chi connectivity index (χ2n) is 2.24. The summed E-state index contributed by atoms with van der Waals surface area (Å²) in [6.07, 6.45) is 2.11. The van der Waals surface area contributed by atoms with Crippen molar-refractivity contribution >= 4 is 0 Å². The van der Waals surface area contributed by atoms with E-state index >= 15 is 0 Å². The molecule has 0 bridgehead atoms. The normalized spacial score (nSPS) is 9.55. The lowest BCUT2D eigenvalue weighted by Gasteiger charge is -2.00. The van der Waals surface area contributed by atoms with E-state index in [0.29, 0.717) is 12.0 Å². The van der Waals surface area contributed by atoms with Crippen LogP contribution in [0.1, 0.15) is 5.56 Å². The Morgan fingerprint density at radius 1 is 1.55 bits per heavy atom. The molecule has 0 radical (unpaired) electrons. The number of rotatable bonds is 2. The minimum Gasteiger partial charge on any atom is -0.505 e. The molecule has 1 aromatic carbocycles. The summed E-state index contributed by atoms with van der Waals surface area (Å²) in [6, 6.07) is 4.45. The average molecular weight is 152 g/mol. The zero-order valence-electron chi connectivity index (χ0n) is 6.05. The van der Waals surface area contributed by atoms with Gasteiger partial charge in [-0.15, -0.1) is 6.58 Å². The third kappa shape index (κ3) is 1.58. The highest BCUT2D eigenvalue weighted by molar-refractivity contribution is 5.34. The van der Waals surface area contributed by atoms with Gasteiger partial charge in [-0.3, -0.25) is 0 Å². The van der Waals surface area contributed by atoms with E-state index in [4.69, 9.17) is 5.11 Å². The first-order chi connectivity index (χ1) is 5.25. The Labute approximate surface area is 64.8 Å². The van der Waals surface area contributed by atoms with Crippen LogP contribution in [0.3, 0.4) is 0 Å². The van der Waals surface area contributed by atoms with Gasteiger partial charge in [0, 0.05) is 5.56 Å². The summed E-state index contributed by atoms with van der Waals surface area (Å²) in [4.78, 5) is 0. The molecule has 1 nitrogen and oxygen atoms in total. The molecule has 1 N–H and O–H groups in total. The predicted octanol–water partition coefficient (Wildman–Crippen LogP) is 2.26. The Morgan fingerprint density at radius 3 is 2.91 bits per heavy atom. The number of para-hydroxylation sites is 1. The number of hydrogen-bond acceptors (Lipinski definition) is 1. The second-order valence-corrected chi connectivity index (χ2v) is 2.24. The van der Waals surface area contributed by atoms with Gasteiger partial charge in [0.2, 0.25) is 0 Å². The first-order valence-corrected chi connectivity index (χ1v) is 3.33. The molecule has 0 amide bonds. The van der Waals surface area contributed by atoms with Gasteiger partial charge in [0.1, 0.15) is 0 Å². The molecule has 0 fully saturated rings. The molecule has 58 valence electrons. The van der Waals surface area contributed by atoms with E-state index < -0.39 is 5.82 Å². The number of hydrogen-bond donors (Lipinski definition) is 1. The van der Waals surface area contributed by atoms with Crippen LogP contribution in [0.5, 0.6) is 5.75 Å². The molecule has 1 aromatic rings. The van der Waals surface area contributed by atoms with Crippen LogP contribution in [-0.4, -0.2) is 5.11 Å². The lowest BCUT2D eigenvalue weighted by Crippen LogP contribution is -1.84. The van der Waals surface area contributed by atoms with Crippen molar-refractivity contribution in [3.63, 3.8) is 0 Å². The monoisotopic (exact) mass is 152 g/mol. The molecule has 0 saturated heterocycles. The van der Waals surface area contributed by atoms with Gasteiger partial charge >= 0.3 is 0 Å². The summed E-state index contributed by atoms with van der Waals surface area (Å²) < 4.78 is 12.6. The summed E-state index contributed by atoms with van der Waals surface area (Å²) in [5, 5.41) is 9.11. The van der Waals surface area contributed by atoms with Gasteiger partial charge in [0.25, 0.3) is 0 Å². The molecule has 1 rings (SSSR count). The Balaban J connectivity index is 3.05. The lowest BCUT2D eigenvalue weighted by atomic mass is 10.1. The van der Waals surface area contributed by atoms with Gasteiger partial charge in [0.15, 0.2) is 11.6 Å². The van der Waals surface area contributed by atoms with Crippen molar-refractivity contribution in [3.05, 3.63) is 42.2 Å². The van der Waals surface area contributed by atoms with Crippen LogP contribution in [0, 0.1) is 5.82 Å². The van der Waals surface area contributed by atoms with Crippen molar-refractivity contribution in [1.82, 2.24) is 0 Å². The van der Waals surface area contributed by atoms with E-state index in [9.17, 15) is 4.39 Å². The summed E-state index contributed by atoms with van der Waals surface area (Å²) >= 11 is 0. The highest BCUT2D eigenvalue weighted by atomic mass is 19.1. The van der Waals surface area contributed by atoms with Gasteiger partial charge in [-0.1, -0.05) is 18.2 Å². The van der Waals surface area contributed by atoms with Crippen molar-refractivity contribution < 1.29 is 9.50 Å². The van der Waals surface area contributed by atoms with Gasteiger partial charge < -0.3 is 5.11 Å². The summed E-state index contributed by atoms with van der Waals surface area (Å²) in [5.74, 6) is -0.850. The van der Waals surface area contributed by atoms with E-state index in [1.165, 1.54) is 6.07 Å². The van der Waals surface area contributed by atoms with Crippen LogP contribution in [0.4, 0.5) is 4.39 Å². The zero-order valence-corrected chi connectivity index (χ0v) is 6.05. The van der Waals surface area contributed by atoms with Crippen molar-refractivity contribution in [2.45, 2.75) is 6.42 Å². The Morgan fingerprint density at radius 2 is 2.27 bits per heavy atom. The first-order valence-electron chi connectivity index (χ1n) is 3.33. The van der Waals surface area contributed by atoms with Gasteiger partial charge in [-0.25, -0.2) is 4.39 Å². The topological polar surface area (TPSA) is 20.2 Å². The molecule has 11 heavy (non-hydrogen) atoms. The zero-order chi connectivity index (χ0) is 8.27. The minimum absolute atomic E-state index is 0.271. The third-order valence-electron chi connectivity index (χ3n) is 1.43. The molecular weight excluding hydrogens is 143 g/mol. The maximum absolute atomic E-state index is 12.6. The fourth-order valence-electron chi connectivity index (χ4n) is 0.880. The van der Waals surface area contributed by atoms with E-state index in [2.05, 4.69) is 6.58 Å². The average Bonchev–Trinajstić information content (AvgIpc) is 1.99. The smallest absolute Gasteiger partial charge is 0.165 e. The quantitative estimate of drug-likeness (QED) is 0.644. The van der Waals surface area contributed by atoms with Crippen molar-refractivity contribution in [2.75, 3.05) is 0 Å². The fraction of sp³-hybridized carbons (Fsp3) is 0.111. The van der Waals surface area contributed by atoms with Crippen LogP contribution in [0.25, 0.3) is 0 Å². The molecule has 0 unspecified atom stereocenters. The maximum Gasteiger partial charge on any atom is 0.165 e. The molecule has 0 atom stereocenters. The van der Waals surface area contributed by atoms with Crippen LogP contribution >= 0.6 is 0 Å². The van der Waals surface area contributed by atoms with Crippen molar-refractivity contribution in [3.8, 4) is 5.75 Å². The SMILES string of the molecule is C=CCc1cccc(F)c1O. The summed E-state index contributed by atoms with van der Waals surface area (Å²) in [5.41, 5.74) is 0.569. The number of halogens is 1. The summed E-state index contributed by atoms with van der Waals surface area (Å²) in [6.45, 7) is 3.49. The largest absolute Gasteiger partial charge is 0.505 e. The molecular formula is C9H9FO. The van der Waals surface area contributed by atoms with Gasteiger partial charge in [-0.2, -0.15) is 0 Å². The highest BCUT2D eigenvalue weighted by Gasteiger charge is 2.03. The predicted molar refractivity (Wildman–Crippen MR) is 42.0 cm³/mol. The van der Waals surface area contributed by atoms with E-state index in [1.807, 2.05) is 0 Å². The summed E-state index contributed by atoms with van der Waals surface area (Å²) in [7, 11) is 0. The number of aromatic hydroxyl groups is 1. The second kappa shape index (κ2) is 3.19. The molecule has 0 aliphatic rings. The van der Waals surface area contributed by atoms with Crippen molar-refractivity contribution in [1.29, 1.82) is 0 Å². The van der Waals surface area contributed by atoms with Crippen molar-refractivity contribution in [2.24, 2.45) is 0 Å². The Kier molecular flexibility index (Phi) is 2.26. The standard InChI is InChI=1S/C9H9FO/c1-2-4-7-5-3-6-8(10)9(7)11/h2-3,5-6,11H,1,4H2. The van der Waals surface area contributed by atoms with E-state index in [-0.39, 0.29) is 5.75 Å². The number of allylic oxidation sites excluding steroid dienone is 1. The van der Waals surface area contributed by atoms with Crippen LogP contribution in [-0.2, 0) is 6.42 Å². The minimum atomic E-state index is -0.579. The van der Waals surface area contributed by atoms with Crippen LogP contribution in [0.15, 0.2) is 30.9 Å². The maximum atomic E-state index is 12.6. The molecule has 0 spiro atoms.